The highest BCUT2D eigenvalue weighted by Gasteiger charge is 2.16. The summed E-state index contributed by atoms with van der Waals surface area (Å²) >= 11 is 0. The first kappa shape index (κ1) is 14.4. The molecule has 4 heteroatoms. The number of rotatable bonds is 5. The lowest BCUT2D eigenvalue weighted by atomic mass is 9.94. The van der Waals surface area contributed by atoms with Gasteiger partial charge in [-0.15, -0.1) is 0 Å². The fourth-order valence-corrected chi connectivity index (χ4v) is 2.00. The van der Waals surface area contributed by atoms with E-state index in [-0.39, 0.29) is 17.9 Å². The molecule has 18 heavy (non-hydrogen) atoms. The normalized spacial score (nSPS) is 21.4. The molecule has 1 aliphatic rings. The van der Waals surface area contributed by atoms with Crippen molar-refractivity contribution in [3.8, 4) is 0 Å². The number of primary amides is 1. The van der Waals surface area contributed by atoms with Crippen LogP contribution in [0.1, 0.15) is 13.3 Å². The molecule has 0 fully saturated rings. The number of amides is 1. The highest BCUT2D eigenvalue weighted by Crippen LogP contribution is 2.16. The van der Waals surface area contributed by atoms with Crippen LogP contribution in [0.25, 0.3) is 0 Å². The maximum absolute atomic E-state index is 11.0. The van der Waals surface area contributed by atoms with Crippen LogP contribution in [0.15, 0.2) is 40.9 Å². The number of likely N-dealkylation sites (N-methyl/N-ethyl adjacent to an activating group) is 1. The van der Waals surface area contributed by atoms with Crippen molar-refractivity contribution in [2.24, 2.45) is 16.6 Å². The van der Waals surface area contributed by atoms with Gasteiger partial charge >= 0.3 is 0 Å². The third-order valence-corrected chi connectivity index (χ3v) is 2.92. The van der Waals surface area contributed by atoms with Crippen LogP contribution in [0.3, 0.4) is 0 Å². The SMILES string of the molecule is CN=C(C1=CC=CC(NC)C=C1)C(C)CC(N)=O. The molecule has 0 aromatic carbocycles. The number of carbonyl (C=O) groups is 1. The Morgan fingerprint density at radius 3 is 2.83 bits per heavy atom. The Balaban J connectivity index is 2.88. The van der Waals surface area contributed by atoms with Gasteiger partial charge in [-0.2, -0.15) is 0 Å². The van der Waals surface area contributed by atoms with Crippen LogP contribution in [0, 0.1) is 5.92 Å². The van der Waals surface area contributed by atoms with Crippen molar-refractivity contribution in [2.45, 2.75) is 19.4 Å². The summed E-state index contributed by atoms with van der Waals surface area (Å²) in [6.45, 7) is 1.96. The van der Waals surface area contributed by atoms with Gasteiger partial charge in [-0.25, -0.2) is 0 Å². The fourth-order valence-electron chi connectivity index (χ4n) is 2.00. The lowest BCUT2D eigenvalue weighted by molar-refractivity contribution is -0.118. The van der Waals surface area contributed by atoms with Crippen LogP contribution in [-0.2, 0) is 4.79 Å². The summed E-state index contributed by atoms with van der Waals surface area (Å²) in [5, 5.41) is 3.16. The van der Waals surface area contributed by atoms with Gasteiger partial charge in [0.25, 0.3) is 0 Å². The van der Waals surface area contributed by atoms with E-state index in [1.54, 1.807) is 7.05 Å². The predicted octanol–water partition coefficient (Wildman–Crippen LogP) is 1.21. The predicted molar refractivity (Wildman–Crippen MR) is 75.5 cm³/mol. The van der Waals surface area contributed by atoms with Gasteiger partial charge in [0.15, 0.2) is 0 Å². The second kappa shape index (κ2) is 6.91. The molecule has 0 aromatic heterocycles. The van der Waals surface area contributed by atoms with Gasteiger partial charge in [0.2, 0.25) is 5.91 Å². The highest BCUT2D eigenvalue weighted by atomic mass is 16.1. The van der Waals surface area contributed by atoms with Gasteiger partial charge < -0.3 is 11.1 Å². The molecule has 4 nitrogen and oxygen atoms in total. The minimum atomic E-state index is -0.300. The summed E-state index contributed by atoms with van der Waals surface area (Å²) in [4.78, 5) is 15.3. The number of aliphatic imine (C=N–C) groups is 1. The average molecular weight is 247 g/mol. The summed E-state index contributed by atoms with van der Waals surface area (Å²) in [6.07, 6.45) is 10.5. The molecule has 2 unspecified atom stereocenters. The standard InChI is InChI=1S/C14H21N3O/c1-10(9-13(15)18)14(17-3)11-5-4-6-12(16-2)8-7-11/h4-8,10,12,16H,9H2,1-3H3,(H2,15,18). The first-order chi connectivity index (χ1) is 8.58. The van der Waals surface area contributed by atoms with E-state index in [2.05, 4.69) is 22.5 Å². The van der Waals surface area contributed by atoms with E-state index in [0.717, 1.165) is 11.3 Å². The van der Waals surface area contributed by atoms with Crippen LogP contribution in [0.5, 0.6) is 0 Å². The number of hydrogen-bond acceptors (Lipinski definition) is 3. The molecule has 98 valence electrons. The van der Waals surface area contributed by atoms with Crippen molar-refractivity contribution in [2.75, 3.05) is 14.1 Å². The second-order valence-electron chi connectivity index (χ2n) is 4.36. The first-order valence-corrected chi connectivity index (χ1v) is 6.07. The Bertz CT molecular complexity index is 419. The van der Waals surface area contributed by atoms with Gasteiger partial charge in [0.05, 0.1) is 0 Å². The van der Waals surface area contributed by atoms with Crippen LogP contribution in [0.2, 0.25) is 0 Å². The topological polar surface area (TPSA) is 67.5 Å². The van der Waals surface area contributed by atoms with Crippen molar-refractivity contribution in [3.05, 3.63) is 36.0 Å². The molecule has 0 aromatic rings. The van der Waals surface area contributed by atoms with Crippen molar-refractivity contribution >= 4 is 11.6 Å². The van der Waals surface area contributed by atoms with E-state index in [9.17, 15) is 4.79 Å². The summed E-state index contributed by atoms with van der Waals surface area (Å²) in [6, 6.07) is 0.225. The number of nitrogens with two attached hydrogens (primary N) is 1. The zero-order chi connectivity index (χ0) is 13.5. The molecular formula is C14H21N3O. The molecule has 1 aliphatic carbocycles. The number of carbonyl (C=O) groups excluding carboxylic acids is 1. The molecular weight excluding hydrogens is 226 g/mol. The molecule has 0 bridgehead atoms. The maximum Gasteiger partial charge on any atom is 0.218 e. The molecule has 0 spiro atoms. The maximum atomic E-state index is 11.0. The Kier molecular flexibility index (Phi) is 5.52. The highest BCUT2D eigenvalue weighted by molar-refractivity contribution is 6.05. The number of allylic oxidation sites excluding steroid dienone is 4. The number of nitrogens with one attached hydrogen (secondary N) is 1. The van der Waals surface area contributed by atoms with E-state index in [1.165, 1.54) is 0 Å². The smallest absolute Gasteiger partial charge is 0.218 e. The second-order valence-corrected chi connectivity index (χ2v) is 4.36. The van der Waals surface area contributed by atoms with Gasteiger partial charge in [-0.05, 0) is 12.6 Å². The molecule has 0 heterocycles. The monoisotopic (exact) mass is 247 g/mol. The average Bonchev–Trinajstić information content (AvgIpc) is 2.54. The van der Waals surface area contributed by atoms with E-state index < -0.39 is 0 Å². The van der Waals surface area contributed by atoms with Crippen molar-refractivity contribution in [1.82, 2.24) is 5.32 Å². The molecule has 2 atom stereocenters. The van der Waals surface area contributed by atoms with Gasteiger partial charge in [0.1, 0.15) is 0 Å². The Morgan fingerprint density at radius 1 is 1.56 bits per heavy atom. The largest absolute Gasteiger partial charge is 0.370 e. The summed E-state index contributed by atoms with van der Waals surface area (Å²) in [7, 11) is 3.65. The molecule has 0 aliphatic heterocycles. The molecule has 0 radical (unpaired) electrons. The molecule has 3 N–H and O–H groups in total. The summed E-state index contributed by atoms with van der Waals surface area (Å²) in [5.41, 5.74) is 7.17. The molecule has 1 rings (SSSR count). The molecule has 1 amide bonds. The minimum Gasteiger partial charge on any atom is -0.370 e. The number of hydrogen-bond donors (Lipinski definition) is 2. The molecule has 0 saturated heterocycles. The van der Waals surface area contributed by atoms with E-state index in [0.29, 0.717) is 6.42 Å². The summed E-state index contributed by atoms with van der Waals surface area (Å²) < 4.78 is 0. The van der Waals surface area contributed by atoms with Crippen LogP contribution < -0.4 is 11.1 Å². The Morgan fingerprint density at radius 2 is 2.28 bits per heavy atom. The lowest BCUT2D eigenvalue weighted by Crippen LogP contribution is -2.22. The van der Waals surface area contributed by atoms with Crippen molar-refractivity contribution in [3.63, 3.8) is 0 Å². The quantitative estimate of drug-likeness (QED) is 0.717. The van der Waals surface area contributed by atoms with Gasteiger partial charge in [-0.3, -0.25) is 9.79 Å². The fraction of sp³-hybridized carbons (Fsp3) is 0.429. The number of nitrogens with zero attached hydrogens (tertiary/aromatic N) is 1. The van der Waals surface area contributed by atoms with Gasteiger partial charge in [-0.1, -0.05) is 37.3 Å². The first-order valence-electron chi connectivity index (χ1n) is 6.07. The third kappa shape index (κ3) is 3.96. The van der Waals surface area contributed by atoms with Crippen LogP contribution in [-0.4, -0.2) is 31.8 Å². The zero-order valence-electron chi connectivity index (χ0n) is 11.2. The van der Waals surface area contributed by atoms with Crippen molar-refractivity contribution < 1.29 is 4.79 Å². The van der Waals surface area contributed by atoms with Crippen LogP contribution in [0.4, 0.5) is 0 Å². The Labute approximate surface area is 108 Å². The summed E-state index contributed by atoms with van der Waals surface area (Å²) in [5.74, 6) is -0.270. The van der Waals surface area contributed by atoms with Crippen LogP contribution >= 0.6 is 0 Å². The van der Waals surface area contributed by atoms with E-state index in [1.807, 2.05) is 32.2 Å². The lowest BCUT2D eigenvalue weighted by Gasteiger charge is -2.13. The third-order valence-electron chi connectivity index (χ3n) is 2.92. The zero-order valence-corrected chi connectivity index (χ0v) is 11.2. The Hall–Kier alpha value is -1.68. The minimum absolute atomic E-state index is 0.0305. The van der Waals surface area contributed by atoms with E-state index in [4.69, 9.17) is 5.73 Å². The van der Waals surface area contributed by atoms with E-state index >= 15 is 0 Å². The van der Waals surface area contributed by atoms with Crippen molar-refractivity contribution in [1.29, 1.82) is 0 Å². The van der Waals surface area contributed by atoms with Gasteiger partial charge in [0, 0.05) is 31.1 Å². The molecule has 0 saturated carbocycles.